The van der Waals surface area contributed by atoms with E-state index in [2.05, 4.69) is 26.8 Å². The molecule has 13 nitrogen and oxygen atoms in total. The summed E-state index contributed by atoms with van der Waals surface area (Å²) < 4.78 is 7.52. The Morgan fingerprint density at radius 3 is 2.65 bits per heavy atom. The zero-order chi connectivity index (χ0) is 26.7. The van der Waals surface area contributed by atoms with Crippen molar-refractivity contribution in [2.75, 3.05) is 5.73 Å². The van der Waals surface area contributed by atoms with E-state index in [0.29, 0.717) is 28.7 Å². The van der Waals surface area contributed by atoms with Crippen molar-refractivity contribution in [3.63, 3.8) is 0 Å². The van der Waals surface area contributed by atoms with Crippen LogP contribution >= 0.6 is 0 Å². The van der Waals surface area contributed by atoms with Gasteiger partial charge < -0.3 is 37.9 Å². The molecule has 37 heavy (non-hydrogen) atoms. The van der Waals surface area contributed by atoms with Crippen molar-refractivity contribution < 1.29 is 24.5 Å². The van der Waals surface area contributed by atoms with Gasteiger partial charge in [-0.05, 0) is 37.5 Å². The van der Waals surface area contributed by atoms with Gasteiger partial charge in [-0.2, -0.15) is 0 Å². The number of aliphatic hydroxyl groups is 2. The number of hydrogen-bond donors (Lipinski definition) is 6. The number of primary amides is 2. The second-order valence-electron chi connectivity index (χ2n) is 8.86. The molecule has 10 N–H and O–H groups in total. The predicted octanol–water partition coefficient (Wildman–Crippen LogP) is -1.22. The molecule has 0 spiro atoms. The molecule has 194 valence electrons. The highest BCUT2D eigenvalue weighted by Crippen LogP contribution is 2.35. The summed E-state index contributed by atoms with van der Waals surface area (Å²) in [6, 6.07) is 5.68. The first-order valence-electron chi connectivity index (χ1n) is 11.6. The van der Waals surface area contributed by atoms with Crippen LogP contribution in [0.4, 0.5) is 5.82 Å². The summed E-state index contributed by atoms with van der Waals surface area (Å²) in [5, 5.41) is 21.5. The molecule has 0 saturated carbocycles. The molecule has 6 atom stereocenters. The second-order valence-corrected chi connectivity index (χ2v) is 8.86. The number of ether oxygens (including phenoxy) is 1. The lowest BCUT2D eigenvalue weighted by molar-refractivity contribution is -0.119. The largest absolute Gasteiger partial charge is 0.388 e. The highest BCUT2D eigenvalue weighted by atomic mass is 16.6. The number of rotatable bonds is 8. The zero-order valence-electron chi connectivity index (χ0n) is 19.8. The van der Waals surface area contributed by atoms with Gasteiger partial charge >= 0.3 is 0 Å². The van der Waals surface area contributed by atoms with Gasteiger partial charge in [0, 0.05) is 17.0 Å². The molecule has 1 aromatic carbocycles. The zero-order valence-corrected chi connectivity index (χ0v) is 19.8. The normalized spacial score (nSPS) is 22.8. The lowest BCUT2D eigenvalue weighted by atomic mass is 9.92. The number of imidazole rings is 1. The van der Waals surface area contributed by atoms with Crippen LogP contribution in [0.5, 0.6) is 0 Å². The fraction of sp³-hybridized carbons (Fsp3) is 0.375. The van der Waals surface area contributed by atoms with Gasteiger partial charge in [0.1, 0.15) is 24.1 Å². The van der Waals surface area contributed by atoms with E-state index in [4.69, 9.17) is 27.7 Å². The molecule has 3 aromatic rings. The number of carbonyl (C=O) groups is 2. The lowest BCUT2D eigenvalue weighted by Gasteiger charge is -2.20. The van der Waals surface area contributed by atoms with Crippen molar-refractivity contribution in [3.05, 3.63) is 48.0 Å². The Hall–Kier alpha value is -4.09. The van der Waals surface area contributed by atoms with Gasteiger partial charge in [0.15, 0.2) is 17.7 Å². The van der Waals surface area contributed by atoms with E-state index in [9.17, 15) is 19.8 Å². The maximum atomic E-state index is 11.5. The standard InChI is InChI=1S/C24H28N8O5/c25-15(22(28)36)7-6-13(5-4-12-2-1-3-14(8-12)21(27)35)9-16-18(33)19(34)24(37-16)32-11-31-17-20(26)29-10-30-23(17)32/h1-3,8,10-11,13,15-16,18-19,24,33-34H,6-7,9,25H2,(H2,27,35)(H2,28,36)(H2,26,29,30)/t13-,15-,16+,18+,19+,24+/m0/s1. The van der Waals surface area contributed by atoms with Crippen LogP contribution in [0.2, 0.25) is 0 Å². The van der Waals surface area contributed by atoms with E-state index in [1.165, 1.54) is 17.2 Å². The van der Waals surface area contributed by atoms with Crippen LogP contribution in [-0.4, -0.2) is 65.9 Å². The maximum absolute atomic E-state index is 11.5. The summed E-state index contributed by atoms with van der Waals surface area (Å²) in [4.78, 5) is 35.2. The third kappa shape index (κ3) is 5.68. The average molecular weight is 509 g/mol. The van der Waals surface area contributed by atoms with Crippen molar-refractivity contribution in [1.29, 1.82) is 0 Å². The van der Waals surface area contributed by atoms with Crippen LogP contribution < -0.4 is 22.9 Å². The van der Waals surface area contributed by atoms with Crippen LogP contribution in [0.3, 0.4) is 0 Å². The maximum Gasteiger partial charge on any atom is 0.248 e. The van der Waals surface area contributed by atoms with Crippen LogP contribution in [0.1, 0.15) is 41.4 Å². The monoisotopic (exact) mass is 508 g/mol. The fourth-order valence-corrected chi connectivity index (χ4v) is 4.20. The number of nitrogens with zero attached hydrogens (tertiary/aromatic N) is 4. The molecule has 1 fully saturated rings. The molecule has 0 bridgehead atoms. The number of anilines is 1. The number of hydrogen-bond acceptors (Lipinski definition) is 10. The molecule has 0 unspecified atom stereocenters. The number of aromatic nitrogens is 4. The van der Waals surface area contributed by atoms with E-state index >= 15 is 0 Å². The van der Waals surface area contributed by atoms with Crippen LogP contribution in [-0.2, 0) is 9.53 Å². The third-order valence-electron chi connectivity index (χ3n) is 6.27. The van der Waals surface area contributed by atoms with Gasteiger partial charge in [-0.1, -0.05) is 17.9 Å². The molecule has 4 rings (SSSR count). The van der Waals surface area contributed by atoms with Crippen molar-refractivity contribution >= 4 is 28.8 Å². The highest BCUT2D eigenvalue weighted by Gasteiger charge is 2.44. The van der Waals surface area contributed by atoms with E-state index in [1.807, 2.05) is 0 Å². The topological polar surface area (TPSA) is 232 Å². The molecular formula is C24H28N8O5. The van der Waals surface area contributed by atoms with E-state index in [0.717, 1.165) is 0 Å². The van der Waals surface area contributed by atoms with Crippen molar-refractivity contribution in [1.82, 2.24) is 19.5 Å². The quantitative estimate of drug-likeness (QED) is 0.198. The second kappa shape index (κ2) is 10.9. The predicted molar refractivity (Wildman–Crippen MR) is 132 cm³/mol. The minimum absolute atomic E-state index is 0.176. The van der Waals surface area contributed by atoms with Crippen LogP contribution in [0, 0.1) is 17.8 Å². The van der Waals surface area contributed by atoms with Crippen LogP contribution in [0.25, 0.3) is 11.2 Å². The van der Waals surface area contributed by atoms with Crippen LogP contribution in [0.15, 0.2) is 36.9 Å². The molecule has 1 saturated heterocycles. The van der Waals surface area contributed by atoms with Gasteiger partial charge in [-0.15, -0.1) is 0 Å². The Labute approximate surface area is 211 Å². The molecule has 13 heteroatoms. The summed E-state index contributed by atoms with van der Waals surface area (Å²) in [5.41, 5.74) is 23.9. The molecule has 0 radical (unpaired) electrons. The molecule has 1 aliphatic heterocycles. The van der Waals surface area contributed by atoms with Gasteiger partial charge in [0.25, 0.3) is 0 Å². The third-order valence-corrected chi connectivity index (χ3v) is 6.27. The summed E-state index contributed by atoms with van der Waals surface area (Å²) >= 11 is 0. The van der Waals surface area contributed by atoms with Crippen molar-refractivity contribution in [2.45, 2.75) is 49.8 Å². The van der Waals surface area contributed by atoms with Gasteiger partial charge in [-0.3, -0.25) is 14.2 Å². The number of nitrogens with two attached hydrogens (primary N) is 4. The highest BCUT2D eigenvalue weighted by molar-refractivity contribution is 5.93. The molecule has 2 amide bonds. The first kappa shape index (κ1) is 26.0. The summed E-state index contributed by atoms with van der Waals surface area (Å²) in [7, 11) is 0. The van der Waals surface area contributed by atoms with Crippen molar-refractivity contribution in [3.8, 4) is 11.8 Å². The summed E-state index contributed by atoms with van der Waals surface area (Å²) in [6.45, 7) is 0. The summed E-state index contributed by atoms with van der Waals surface area (Å²) in [6.07, 6.45) is -0.788. The number of carbonyl (C=O) groups excluding carboxylic acids is 2. The first-order valence-corrected chi connectivity index (χ1v) is 11.6. The van der Waals surface area contributed by atoms with Gasteiger partial charge in [-0.25, -0.2) is 15.0 Å². The van der Waals surface area contributed by atoms with Gasteiger partial charge in [0.05, 0.1) is 18.5 Å². The minimum Gasteiger partial charge on any atom is -0.388 e. The summed E-state index contributed by atoms with van der Waals surface area (Å²) in [5.74, 6) is 4.67. The molecule has 1 aliphatic rings. The number of benzene rings is 1. The van der Waals surface area contributed by atoms with E-state index < -0.39 is 48.3 Å². The molecule has 0 aliphatic carbocycles. The first-order chi connectivity index (χ1) is 17.7. The molecule has 3 heterocycles. The molecular weight excluding hydrogens is 480 g/mol. The fourth-order valence-electron chi connectivity index (χ4n) is 4.20. The Balaban J connectivity index is 1.56. The Bertz CT molecular complexity index is 1370. The number of nitrogen functional groups attached to an aromatic ring is 1. The van der Waals surface area contributed by atoms with E-state index in [1.54, 1.807) is 24.3 Å². The average Bonchev–Trinajstić information content (AvgIpc) is 3.42. The SMILES string of the molecule is NC(=O)c1cccc(C#C[C@@H](CC[C@H](N)C(N)=O)C[C@H]2O[C@@H](n3cnc4c(N)ncnc43)[C@H](O)[C@@H]2O)c1. The lowest BCUT2D eigenvalue weighted by Crippen LogP contribution is -2.37. The number of amides is 2. The number of fused-ring (bicyclic) bond motifs is 1. The smallest absolute Gasteiger partial charge is 0.248 e. The Kier molecular flexibility index (Phi) is 7.65. The molecule has 2 aromatic heterocycles. The van der Waals surface area contributed by atoms with E-state index in [-0.39, 0.29) is 18.7 Å². The van der Waals surface area contributed by atoms with Gasteiger partial charge in [0.2, 0.25) is 11.8 Å². The number of aliphatic hydroxyl groups excluding tert-OH is 2. The van der Waals surface area contributed by atoms with Crippen molar-refractivity contribution in [2.24, 2.45) is 23.1 Å². The minimum atomic E-state index is -1.28. The Morgan fingerprint density at radius 1 is 1.14 bits per heavy atom. The Morgan fingerprint density at radius 2 is 1.92 bits per heavy atom.